The summed E-state index contributed by atoms with van der Waals surface area (Å²) in [6.45, 7) is 13.2. The molecule has 1 fully saturated rings. The van der Waals surface area contributed by atoms with Crippen LogP contribution in [0.15, 0.2) is 36.4 Å². The molecule has 8 nitrogen and oxygen atoms in total. The van der Waals surface area contributed by atoms with Crippen molar-refractivity contribution < 1.29 is 14.9 Å². The molecule has 2 aromatic heterocycles. The number of nitrogens with zero attached hydrogens (tertiary/aromatic N) is 5. The van der Waals surface area contributed by atoms with Gasteiger partial charge in [-0.05, 0) is 49.3 Å². The number of anilines is 1. The van der Waals surface area contributed by atoms with Crippen molar-refractivity contribution in [2.45, 2.75) is 39.2 Å². The van der Waals surface area contributed by atoms with Crippen molar-refractivity contribution in [1.29, 1.82) is 0 Å². The van der Waals surface area contributed by atoms with E-state index < -0.39 is 15.1 Å². The molecule has 3 heterocycles. The van der Waals surface area contributed by atoms with Crippen LogP contribution in [-0.4, -0.2) is 77.4 Å². The summed E-state index contributed by atoms with van der Waals surface area (Å²) in [4.78, 5) is 14.1. The predicted octanol–water partition coefficient (Wildman–Crippen LogP) is 3.35. The SMILES string of the molecule is CB(O)N1CCN(c2ccc3nc(-c4ccc(O)cc4)n(COCC[Si](C)(C)C)c3n2)CC1. The summed E-state index contributed by atoms with van der Waals surface area (Å²) < 4.78 is 8.12. The first-order valence-corrected chi connectivity index (χ1v) is 15.3. The van der Waals surface area contributed by atoms with Gasteiger partial charge in [-0.2, -0.15) is 0 Å². The Morgan fingerprint density at radius 3 is 2.33 bits per heavy atom. The summed E-state index contributed by atoms with van der Waals surface area (Å²) in [5, 5.41) is 19.6. The molecule has 0 amide bonds. The van der Waals surface area contributed by atoms with Gasteiger partial charge in [0.05, 0.1) is 0 Å². The van der Waals surface area contributed by atoms with Gasteiger partial charge in [-0.3, -0.25) is 4.57 Å². The lowest BCUT2D eigenvalue weighted by Gasteiger charge is -2.35. The summed E-state index contributed by atoms with van der Waals surface area (Å²) in [7, 11) is -1.61. The van der Waals surface area contributed by atoms with E-state index in [1.54, 1.807) is 12.1 Å². The van der Waals surface area contributed by atoms with Crippen LogP contribution in [0.1, 0.15) is 0 Å². The topological polar surface area (TPSA) is 86.9 Å². The summed E-state index contributed by atoms with van der Waals surface area (Å²) in [5.41, 5.74) is 2.52. The maximum Gasteiger partial charge on any atom is 0.376 e. The van der Waals surface area contributed by atoms with Gasteiger partial charge in [0.15, 0.2) is 5.65 Å². The third-order valence-corrected chi connectivity index (χ3v) is 7.79. The molecule has 176 valence electrons. The van der Waals surface area contributed by atoms with Crippen LogP contribution in [0.5, 0.6) is 5.75 Å². The molecule has 10 heteroatoms. The number of aromatic nitrogens is 3. The third kappa shape index (κ3) is 5.75. The molecule has 0 unspecified atom stereocenters. The van der Waals surface area contributed by atoms with Crippen LogP contribution in [0.2, 0.25) is 32.5 Å². The number of phenolic OH excluding ortho intramolecular Hbond substituents is 1. The molecule has 0 aliphatic carbocycles. The van der Waals surface area contributed by atoms with Gasteiger partial charge in [0, 0.05) is 46.4 Å². The van der Waals surface area contributed by atoms with Crippen molar-refractivity contribution in [3.63, 3.8) is 0 Å². The van der Waals surface area contributed by atoms with Gasteiger partial charge in [-0.15, -0.1) is 0 Å². The molecule has 33 heavy (non-hydrogen) atoms. The molecule has 1 aliphatic heterocycles. The van der Waals surface area contributed by atoms with Crippen LogP contribution in [-0.2, 0) is 11.5 Å². The average Bonchev–Trinajstić information content (AvgIpc) is 3.14. The number of phenols is 1. The van der Waals surface area contributed by atoms with Crippen LogP contribution >= 0.6 is 0 Å². The maximum absolute atomic E-state index is 9.85. The quantitative estimate of drug-likeness (QED) is 0.388. The second-order valence-corrected chi connectivity index (χ2v) is 15.5. The Morgan fingerprint density at radius 1 is 1.00 bits per heavy atom. The fourth-order valence-electron chi connectivity index (χ4n) is 3.98. The Morgan fingerprint density at radius 2 is 1.70 bits per heavy atom. The van der Waals surface area contributed by atoms with E-state index in [1.165, 1.54) is 0 Å². The predicted molar refractivity (Wildman–Crippen MR) is 136 cm³/mol. The number of aromatic hydroxyl groups is 1. The highest BCUT2D eigenvalue weighted by Gasteiger charge is 2.24. The molecular weight excluding hydrogens is 433 g/mol. The first-order chi connectivity index (χ1) is 15.7. The number of hydrogen-bond donors (Lipinski definition) is 2. The van der Waals surface area contributed by atoms with Crippen molar-refractivity contribution in [3.8, 4) is 17.1 Å². The van der Waals surface area contributed by atoms with Crippen LogP contribution in [0.3, 0.4) is 0 Å². The van der Waals surface area contributed by atoms with Crippen molar-refractivity contribution >= 4 is 32.1 Å². The van der Waals surface area contributed by atoms with Crippen molar-refractivity contribution in [3.05, 3.63) is 36.4 Å². The largest absolute Gasteiger partial charge is 0.508 e. The van der Waals surface area contributed by atoms with E-state index >= 15 is 0 Å². The van der Waals surface area contributed by atoms with Crippen molar-refractivity contribution in [2.24, 2.45) is 0 Å². The van der Waals surface area contributed by atoms with Gasteiger partial charge >= 0.3 is 7.05 Å². The Labute approximate surface area is 197 Å². The number of piperazine rings is 1. The minimum absolute atomic E-state index is 0.226. The monoisotopic (exact) mass is 467 g/mol. The van der Waals surface area contributed by atoms with Crippen LogP contribution in [0.25, 0.3) is 22.6 Å². The smallest absolute Gasteiger partial charge is 0.376 e. The number of fused-ring (bicyclic) bond motifs is 1. The molecule has 0 saturated carbocycles. The van der Waals surface area contributed by atoms with Crippen LogP contribution in [0.4, 0.5) is 5.82 Å². The standard InChI is InChI=1S/C23H34BN5O3Si/c1-24(31)28-13-11-27(12-14-28)21-10-9-20-23(26-21)29(17-32-15-16-33(2,3)4)22(25-20)18-5-7-19(30)8-6-18/h5-10,30-31H,11-17H2,1-4H3. The Kier molecular flexibility index (Phi) is 7.08. The van der Waals surface area contributed by atoms with Crippen molar-refractivity contribution in [1.82, 2.24) is 19.3 Å². The zero-order valence-electron chi connectivity index (χ0n) is 20.0. The number of imidazole rings is 1. The van der Waals surface area contributed by atoms with E-state index in [0.29, 0.717) is 13.3 Å². The van der Waals surface area contributed by atoms with Gasteiger partial charge in [-0.1, -0.05) is 19.6 Å². The molecule has 2 N–H and O–H groups in total. The minimum atomic E-state index is -1.18. The Hall–Kier alpha value is -2.40. The molecule has 1 aromatic carbocycles. The number of pyridine rings is 1. The fraction of sp³-hybridized carbons (Fsp3) is 0.478. The Balaban J connectivity index is 1.63. The lowest BCUT2D eigenvalue weighted by Crippen LogP contribution is -2.51. The number of rotatable bonds is 8. The zero-order chi connectivity index (χ0) is 23.6. The summed E-state index contributed by atoms with van der Waals surface area (Å²) in [5.74, 6) is 1.92. The molecular formula is C23H34BN5O3Si. The van der Waals surface area contributed by atoms with Gasteiger partial charge in [0.2, 0.25) is 0 Å². The third-order valence-electron chi connectivity index (χ3n) is 6.09. The zero-order valence-corrected chi connectivity index (χ0v) is 21.0. The Bertz CT molecular complexity index is 1080. The lowest BCUT2D eigenvalue weighted by atomic mass is 9.84. The summed E-state index contributed by atoms with van der Waals surface area (Å²) in [6.07, 6.45) is 0. The highest BCUT2D eigenvalue weighted by atomic mass is 28.3. The first kappa shape index (κ1) is 23.7. The van der Waals surface area contributed by atoms with E-state index in [-0.39, 0.29) is 5.75 Å². The van der Waals surface area contributed by atoms with Gasteiger partial charge < -0.3 is 24.6 Å². The molecule has 3 aromatic rings. The normalized spacial score (nSPS) is 15.4. The van der Waals surface area contributed by atoms with Crippen LogP contribution in [0, 0.1) is 0 Å². The number of ether oxygens (including phenoxy) is 1. The van der Waals surface area contributed by atoms with Gasteiger partial charge in [-0.25, -0.2) is 9.97 Å². The molecule has 1 aliphatic rings. The molecule has 0 atom stereocenters. The van der Waals surface area contributed by atoms with E-state index in [1.807, 2.05) is 35.7 Å². The highest BCUT2D eigenvalue weighted by Crippen LogP contribution is 2.27. The maximum atomic E-state index is 9.85. The van der Waals surface area contributed by atoms with E-state index in [9.17, 15) is 10.1 Å². The molecule has 0 radical (unpaired) electrons. The lowest BCUT2D eigenvalue weighted by molar-refractivity contribution is 0.0906. The molecule has 1 saturated heterocycles. The summed E-state index contributed by atoms with van der Waals surface area (Å²) >= 11 is 0. The highest BCUT2D eigenvalue weighted by molar-refractivity contribution is 6.76. The van der Waals surface area contributed by atoms with Gasteiger partial charge in [0.25, 0.3) is 0 Å². The summed E-state index contributed by atoms with van der Waals surface area (Å²) in [6, 6.07) is 12.2. The van der Waals surface area contributed by atoms with Crippen LogP contribution < -0.4 is 4.90 Å². The molecule has 0 spiro atoms. The van der Waals surface area contributed by atoms with Gasteiger partial charge in [0.1, 0.15) is 29.6 Å². The minimum Gasteiger partial charge on any atom is -0.508 e. The van der Waals surface area contributed by atoms with E-state index in [4.69, 9.17) is 14.7 Å². The molecule has 4 rings (SSSR count). The molecule has 0 bridgehead atoms. The fourth-order valence-corrected chi connectivity index (χ4v) is 4.74. The van der Waals surface area contributed by atoms with E-state index in [0.717, 1.165) is 60.6 Å². The second kappa shape index (κ2) is 9.84. The average molecular weight is 467 g/mol. The van der Waals surface area contributed by atoms with E-state index in [2.05, 4.69) is 29.4 Å². The number of hydrogen-bond acceptors (Lipinski definition) is 7. The number of benzene rings is 1. The van der Waals surface area contributed by atoms with Crippen molar-refractivity contribution in [2.75, 3.05) is 37.7 Å². The second-order valence-electron chi connectivity index (χ2n) is 9.93. The first-order valence-electron chi connectivity index (χ1n) is 11.6.